The number of nitrogens with zero attached hydrogens (tertiary/aromatic N) is 2. The number of hydrogen-bond donors (Lipinski definition) is 0. The van der Waals surface area contributed by atoms with Crippen LogP contribution in [0, 0.1) is 0 Å². The first kappa shape index (κ1) is 36.5. The lowest BCUT2D eigenvalue weighted by atomic mass is 9.87. The SMILES string of the molecule is CC(C)(C)c1ccc(N(c2ccc(-c3ccc(/C=C/c4ccc(N(c5ccccc5)c5ccccc5)cc4)cc3)cc2)c2cc3ccccc3c3ccccc23)cc1. The van der Waals surface area contributed by atoms with Gasteiger partial charge in [-0.05, 0) is 116 Å². The van der Waals surface area contributed by atoms with Crippen LogP contribution in [0.1, 0.15) is 37.5 Å². The second kappa shape index (κ2) is 15.8. The normalized spacial score (nSPS) is 11.6. The molecule has 0 saturated heterocycles. The molecule has 0 radical (unpaired) electrons. The van der Waals surface area contributed by atoms with Crippen molar-refractivity contribution in [1.29, 1.82) is 0 Å². The highest BCUT2D eigenvalue weighted by atomic mass is 15.1. The average Bonchev–Trinajstić information content (AvgIpc) is 3.27. The second-order valence-electron chi connectivity index (χ2n) is 15.9. The summed E-state index contributed by atoms with van der Waals surface area (Å²) in [6.45, 7) is 6.80. The third-order valence-corrected chi connectivity index (χ3v) is 11.0. The van der Waals surface area contributed by atoms with E-state index in [4.69, 9.17) is 0 Å². The molecule has 2 heteroatoms. The molecule has 0 spiro atoms. The fourth-order valence-electron chi connectivity index (χ4n) is 7.88. The van der Waals surface area contributed by atoms with Gasteiger partial charge in [0.25, 0.3) is 0 Å². The van der Waals surface area contributed by atoms with Gasteiger partial charge in [0.2, 0.25) is 0 Å². The van der Waals surface area contributed by atoms with E-state index in [0.717, 1.165) is 39.6 Å². The highest BCUT2D eigenvalue weighted by Crippen LogP contribution is 2.43. The summed E-state index contributed by atoms with van der Waals surface area (Å²) >= 11 is 0. The lowest BCUT2D eigenvalue weighted by Gasteiger charge is -2.29. The van der Waals surface area contributed by atoms with E-state index in [1.54, 1.807) is 0 Å². The fraction of sp³-hybridized carbons (Fsp3) is 0.0714. The Kier molecular flexibility index (Phi) is 9.91. The standard InChI is InChI=1S/C56H46N2/c1-56(2,3)46-32-38-51(39-33-46)58(55-40-45-14-10-11-19-52(45)53-20-12-13-21-54(53)55)50-36-30-44(31-37-50)43-28-24-41(25-29-43)22-23-42-26-34-49(35-27-42)57(47-15-6-4-7-16-47)48-17-8-5-9-18-48/h4-40H,1-3H3/b23-22+. The van der Waals surface area contributed by atoms with Crippen LogP contribution in [0.2, 0.25) is 0 Å². The number of rotatable bonds is 9. The van der Waals surface area contributed by atoms with E-state index >= 15 is 0 Å². The summed E-state index contributed by atoms with van der Waals surface area (Å²) < 4.78 is 0. The van der Waals surface area contributed by atoms with Gasteiger partial charge < -0.3 is 9.80 Å². The van der Waals surface area contributed by atoms with Crippen LogP contribution >= 0.6 is 0 Å². The summed E-state index contributed by atoms with van der Waals surface area (Å²) in [6.07, 6.45) is 4.37. The van der Waals surface area contributed by atoms with E-state index in [9.17, 15) is 0 Å². The maximum Gasteiger partial charge on any atom is 0.0546 e. The zero-order valence-corrected chi connectivity index (χ0v) is 33.3. The highest BCUT2D eigenvalue weighted by molar-refractivity contribution is 6.14. The molecule has 0 atom stereocenters. The molecule has 0 fully saturated rings. The van der Waals surface area contributed by atoms with Crippen molar-refractivity contribution in [3.63, 3.8) is 0 Å². The minimum Gasteiger partial charge on any atom is -0.311 e. The van der Waals surface area contributed by atoms with Crippen molar-refractivity contribution in [2.24, 2.45) is 0 Å². The Morgan fingerprint density at radius 1 is 0.345 bits per heavy atom. The topological polar surface area (TPSA) is 6.48 Å². The highest BCUT2D eigenvalue weighted by Gasteiger charge is 2.19. The number of fused-ring (bicyclic) bond motifs is 3. The molecule has 0 N–H and O–H groups in total. The van der Waals surface area contributed by atoms with Crippen molar-refractivity contribution in [1.82, 2.24) is 0 Å². The number of para-hydroxylation sites is 2. The van der Waals surface area contributed by atoms with Crippen LogP contribution in [0.25, 0.3) is 44.8 Å². The molecule has 280 valence electrons. The Morgan fingerprint density at radius 3 is 1.29 bits per heavy atom. The van der Waals surface area contributed by atoms with Crippen LogP contribution in [0.5, 0.6) is 0 Å². The fourth-order valence-corrected chi connectivity index (χ4v) is 7.88. The molecule has 0 unspecified atom stereocenters. The first-order valence-electron chi connectivity index (χ1n) is 20.1. The maximum absolute atomic E-state index is 2.41. The molecule has 9 aromatic carbocycles. The zero-order chi connectivity index (χ0) is 39.5. The molecule has 9 rings (SSSR count). The molecule has 0 bridgehead atoms. The molecule has 0 aliphatic heterocycles. The summed E-state index contributed by atoms with van der Waals surface area (Å²) in [5.74, 6) is 0. The predicted molar refractivity (Wildman–Crippen MR) is 250 cm³/mol. The van der Waals surface area contributed by atoms with Crippen LogP contribution in [0.3, 0.4) is 0 Å². The van der Waals surface area contributed by atoms with Crippen LogP contribution < -0.4 is 9.80 Å². The Balaban J connectivity index is 0.980. The predicted octanol–water partition coefficient (Wildman–Crippen LogP) is 16.1. The molecule has 0 aliphatic carbocycles. The maximum atomic E-state index is 2.41. The van der Waals surface area contributed by atoms with Gasteiger partial charge in [0.15, 0.2) is 0 Å². The van der Waals surface area contributed by atoms with Crippen molar-refractivity contribution in [3.05, 3.63) is 229 Å². The van der Waals surface area contributed by atoms with Gasteiger partial charge in [0.1, 0.15) is 0 Å². The Labute approximate surface area is 342 Å². The van der Waals surface area contributed by atoms with Crippen LogP contribution in [-0.4, -0.2) is 0 Å². The first-order chi connectivity index (χ1) is 28.4. The minimum absolute atomic E-state index is 0.0749. The van der Waals surface area contributed by atoms with Crippen molar-refractivity contribution >= 4 is 67.8 Å². The lowest BCUT2D eigenvalue weighted by Crippen LogP contribution is -2.13. The molecular formula is C56H46N2. The molecular weight excluding hydrogens is 701 g/mol. The molecule has 58 heavy (non-hydrogen) atoms. The monoisotopic (exact) mass is 746 g/mol. The van der Waals surface area contributed by atoms with Gasteiger partial charge in [-0.1, -0.05) is 179 Å². The third kappa shape index (κ3) is 7.53. The van der Waals surface area contributed by atoms with E-state index in [2.05, 4.69) is 255 Å². The molecule has 0 amide bonds. The van der Waals surface area contributed by atoms with E-state index in [-0.39, 0.29) is 5.41 Å². The van der Waals surface area contributed by atoms with Crippen molar-refractivity contribution in [2.75, 3.05) is 9.80 Å². The van der Waals surface area contributed by atoms with Crippen LogP contribution in [0.4, 0.5) is 34.1 Å². The smallest absolute Gasteiger partial charge is 0.0546 e. The molecule has 0 heterocycles. The third-order valence-electron chi connectivity index (χ3n) is 11.0. The second-order valence-corrected chi connectivity index (χ2v) is 15.9. The van der Waals surface area contributed by atoms with Crippen molar-refractivity contribution in [2.45, 2.75) is 26.2 Å². The van der Waals surface area contributed by atoms with Crippen molar-refractivity contribution in [3.8, 4) is 11.1 Å². The lowest BCUT2D eigenvalue weighted by molar-refractivity contribution is 0.590. The quantitative estimate of drug-likeness (QED) is 0.107. The zero-order valence-electron chi connectivity index (χ0n) is 33.3. The van der Waals surface area contributed by atoms with Gasteiger partial charge in [0.05, 0.1) is 5.69 Å². The van der Waals surface area contributed by atoms with Gasteiger partial charge in [0, 0.05) is 33.8 Å². The Bertz CT molecular complexity index is 2780. The summed E-state index contributed by atoms with van der Waals surface area (Å²) in [7, 11) is 0. The summed E-state index contributed by atoms with van der Waals surface area (Å²) in [5, 5.41) is 4.98. The molecule has 0 saturated carbocycles. The minimum atomic E-state index is 0.0749. The Hall–Kier alpha value is -7.16. The Morgan fingerprint density at radius 2 is 0.741 bits per heavy atom. The van der Waals surface area contributed by atoms with E-state index < -0.39 is 0 Å². The number of benzene rings is 9. The summed E-state index contributed by atoms with van der Waals surface area (Å²) in [6, 6.07) is 76.5. The van der Waals surface area contributed by atoms with E-state index in [1.807, 2.05) is 0 Å². The van der Waals surface area contributed by atoms with Crippen LogP contribution in [-0.2, 0) is 5.41 Å². The van der Waals surface area contributed by atoms with Crippen molar-refractivity contribution < 1.29 is 0 Å². The molecule has 0 aliphatic rings. The average molecular weight is 747 g/mol. The number of anilines is 6. The van der Waals surface area contributed by atoms with Crippen LogP contribution in [0.15, 0.2) is 212 Å². The summed E-state index contributed by atoms with van der Waals surface area (Å²) in [4.78, 5) is 4.69. The molecule has 9 aromatic rings. The van der Waals surface area contributed by atoms with Gasteiger partial charge in [-0.2, -0.15) is 0 Å². The molecule has 0 aromatic heterocycles. The number of hydrogen-bond acceptors (Lipinski definition) is 2. The van der Waals surface area contributed by atoms with Gasteiger partial charge >= 0.3 is 0 Å². The largest absolute Gasteiger partial charge is 0.311 e. The van der Waals surface area contributed by atoms with Gasteiger partial charge in [-0.15, -0.1) is 0 Å². The summed E-state index contributed by atoms with van der Waals surface area (Å²) in [5.41, 5.74) is 12.9. The van der Waals surface area contributed by atoms with Gasteiger partial charge in [-0.3, -0.25) is 0 Å². The first-order valence-corrected chi connectivity index (χ1v) is 20.1. The molecule has 2 nitrogen and oxygen atoms in total. The van der Waals surface area contributed by atoms with E-state index in [1.165, 1.54) is 43.9 Å². The van der Waals surface area contributed by atoms with Gasteiger partial charge in [-0.25, -0.2) is 0 Å². The van der Waals surface area contributed by atoms with E-state index in [0.29, 0.717) is 0 Å².